The third-order valence-electron chi connectivity index (χ3n) is 5.72. The second-order valence-corrected chi connectivity index (χ2v) is 9.66. The number of aliphatic hydroxyl groups is 1. The van der Waals surface area contributed by atoms with Gasteiger partial charge >= 0.3 is 0 Å². The second kappa shape index (κ2) is 10.8. The minimum absolute atomic E-state index is 0.251. The van der Waals surface area contributed by atoms with Crippen LogP contribution in [0.4, 0.5) is 4.39 Å². The van der Waals surface area contributed by atoms with Crippen LogP contribution in [-0.2, 0) is 11.3 Å². The molecule has 1 fully saturated rings. The van der Waals surface area contributed by atoms with Crippen molar-refractivity contribution < 1.29 is 19.1 Å². The normalized spacial score (nSPS) is 14.2. The number of amides is 2. The van der Waals surface area contributed by atoms with E-state index in [1.165, 1.54) is 25.0 Å². The number of para-hydroxylation sites is 1. The van der Waals surface area contributed by atoms with Crippen molar-refractivity contribution in [3.8, 4) is 0 Å². The van der Waals surface area contributed by atoms with Crippen LogP contribution in [0.2, 0.25) is 0 Å². The fourth-order valence-corrected chi connectivity index (χ4v) is 3.50. The summed E-state index contributed by atoms with van der Waals surface area (Å²) in [6.45, 7) is 6.47. The molecule has 0 bridgehead atoms. The fourth-order valence-electron chi connectivity index (χ4n) is 3.50. The molecule has 0 saturated heterocycles. The topological polar surface area (TPSA) is 96.3 Å². The molecule has 3 aromatic rings. The quantitative estimate of drug-likeness (QED) is 0.516. The van der Waals surface area contributed by atoms with Gasteiger partial charge in [0.25, 0.3) is 5.91 Å². The highest BCUT2D eigenvalue weighted by Gasteiger charge is 2.33. The van der Waals surface area contributed by atoms with Gasteiger partial charge in [-0.15, -0.1) is 0 Å². The second-order valence-electron chi connectivity index (χ2n) is 9.66. The molecule has 1 atom stereocenters. The van der Waals surface area contributed by atoms with E-state index in [1.807, 2.05) is 45.0 Å². The highest BCUT2D eigenvalue weighted by Crippen LogP contribution is 2.27. The SMILES string of the molecule is CNC(=O)C(NC(=O)c1nn(Cc2ccc(F)cc2)c2ccccc12)C(C)(C)C.OCC1CC1. The van der Waals surface area contributed by atoms with Crippen molar-refractivity contribution in [2.24, 2.45) is 11.3 Å². The molecule has 1 heterocycles. The highest BCUT2D eigenvalue weighted by atomic mass is 19.1. The molecule has 34 heavy (non-hydrogen) atoms. The number of rotatable bonds is 6. The van der Waals surface area contributed by atoms with Gasteiger partial charge in [-0.2, -0.15) is 5.10 Å². The lowest BCUT2D eigenvalue weighted by Gasteiger charge is -2.29. The monoisotopic (exact) mass is 468 g/mol. The predicted octanol–water partition coefficient (Wildman–Crippen LogP) is 3.50. The lowest BCUT2D eigenvalue weighted by Crippen LogP contribution is -2.53. The Hall–Kier alpha value is -3.26. The van der Waals surface area contributed by atoms with Crippen LogP contribution < -0.4 is 10.6 Å². The number of halogens is 1. The van der Waals surface area contributed by atoms with Gasteiger partial charge in [0, 0.05) is 19.0 Å². The van der Waals surface area contributed by atoms with Crippen LogP contribution in [0.5, 0.6) is 0 Å². The van der Waals surface area contributed by atoms with Crippen LogP contribution in [0.25, 0.3) is 10.9 Å². The maximum Gasteiger partial charge on any atom is 0.273 e. The number of hydrogen-bond donors (Lipinski definition) is 3. The Kier molecular flexibility index (Phi) is 8.04. The lowest BCUT2D eigenvalue weighted by atomic mass is 9.86. The molecule has 8 heteroatoms. The van der Waals surface area contributed by atoms with Gasteiger partial charge in [0.05, 0.1) is 12.1 Å². The van der Waals surface area contributed by atoms with E-state index in [2.05, 4.69) is 15.7 Å². The van der Waals surface area contributed by atoms with Crippen molar-refractivity contribution in [3.63, 3.8) is 0 Å². The Labute approximate surface area is 199 Å². The van der Waals surface area contributed by atoms with E-state index in [9.17, 15) is 14.0 Å². The van der Waals surface area contributed by atoms with Gasteiger partial charge in [0.15, 0.2) is 5.69 Å². The minimum Gasteiger partial charge on any atom is -0.396 e. The molecule has 7 nitrogen and oxygen atoms in total. The molecule has 1 aliphatic rings. The number of aromatic nitrogens is 2. The van der Waals surface area contributed by atoms with E-state index >= 15 is 0 Å². The first kappa shape index (κ1) is 25.4. The lowest BCUT2D eigenvalue weighted by molar-refractivity contribution is -0.124. The molecule has 0 aliphatic heterocycles. The zero-order valence-electron chi connectivity index (χ0n) is 20.1. The molecule has 0 radical (unpaired) electrons. The van der Waals surface area contributed by atoms with E-state index in [1.54, 1.807) is 23.9 Å². The number of likely N-dealkylation sites (N-methyl/N-ethyl adjacent to an activating group) is 1. The molecule has 4 rings (SSSR count). The van der Waals surface area contributed by atoms with Crippen molar-refractivity contribution in [1.82, 2.24) is 20.4 Å². The number of hydrogen-bond acceptors (Lipinski definition) is 4. The summed E-state index contributed by atoms with van der Waals surface area (Å²) in [6, 6.07) is 12.9. The fraction of sp³-hybridized carbons (Fsp3) is 0.423. The van der Waals surface area contributed by atoms with Crippen molar-refractivity contribution in [2.45, 2.75) is 46.2 Å². The molecular weight excluding hydrogens is 435 g/mol. The molecule has 1 aromatic heterocycles. The number of benzene rings is 2. The first-order valence-corrected chi connectivity index (χ1v) is 11.5. The summed E-state index contributed by atoms with van der Waals surface area (Å²) in [5.41, 5.74) is 1.43. The molecule has 0 spiro atoms. The maximum atomic E-state index is 13.2. The Morgan fingerprint density at radius 2 is 1.79 bits per heavy atom. The maximum absolute atomic E-state index is 13.2. The third-order valence-corrected chi connectivity index (χ3v) is 5.72. The van der Waals surface area contributed by atoms with Gasteiger partial charge in [-0.05, 0) is 47.9 Å². The van der Waals surface area contributed by atoms with Crippen molar-refractivity contribution in [3.05, 3.63) is 65.6 Å². The molecule has 2 aromatic carbocycles. The van der Waals surface area contributed by atoms with E-state index < -0.39 is 17.4 Å². The average Bonchev–Trinajstić information content (AvgIpc) is 3.59. The van der Waals surface area contributed by atoms with Crippen LogP contribution in [-0.4, -0.2) is 46.4 Å². The number of carbonyl (C=O) groups is 2. The largest absolute Gasteiger partial charge is 0.396 e. The minimum atomic E-state index is -0.707. The Bertz CT molecular complexity index is 1130. The summed E-state index contributed by atoms with van der Waals surface area (Å²) in [5.74, 6) is -0.292. The van der Waals surface area contributed by atoms with Gasteiger partial charge in [-0.25, -0.2) is 4.39 Å². The van der Waals surface area contributed by atoms with E-state index in [0.717, 1.165) is 11.1 Å². The number of nitrogens with one attached hydrogen (secondary N) is 2. The van der Waals surface area contributed by atoms with Crippen LogP contribution in [0, 0.1) is 17.2 Å². The highest BCUT2D eigenvalue weighted by molar-refractivity contribution is 6.06. The number of fused-ring (bicyclic) bond motifs is 1. The summed E-state index contributed by atoms with van der Waals surface area (Å²) in [6.07, 6.45) is 2.52. The van der Waals surface area contributed by atoms with Gasteiger partial charge in [0.2, 0.25) is 5.91 Å². The predicted molar refractivity (Wildman–Crippen MR) is 130 cm³/mol. The smallest absolute Gasteiger partial charge is 0.273 e. The van der Waals surface area contributed by atoms with Crippen molar-refractivity contribution in [2.75, 3.05) is 13.7 Å². The molecular formula is C26H33FN4O3. The van der Waals surface area contributed by atoms with Crippen LogP contribution >= 0.6 is 0 Å². The average molecular weight is 469 g/mol. The summed E-state index contributed by atoms with van der Waals surface area (Å²) < 4.78 is 14.9. The van der Waals surface area contributed by atoms with Gasteiger partial charge in [-0.1, -0.05) is 51.1 Å². The van der Waals surface area contributed by atoms with Crippen LogP contribution in [0.3, 0.4) is 0 Å². The van der Waals surface area contributed by atoms with Gasteiger partial charge in [0.1, 0.15) is 11.9 Å². The van der Waals surface area contributed by atoms with Gasteiger partial charge < -0.3 is 15.7 Å². The van der Waals surface area contributed by atoms with E-state index in [-0.39, 0.29) is 17.4 Å². The number of carbonyl (C=O) groups excluding carboxylic acids is 2. The van der Waals surface area contributed by atoms with Crippen LogP contribution in [0.1, 0.15) is 49.7 Å². The molecule has 1 aliphatic carbocycles. The van der Waals surface area contributed by atoms with E-state index in [0.29, 0.717) is 24.5 Å². The molecule has 1 saturated carbocycles. The van der Waals surface area contributed by atoms with Crippen molar-refractivity contribution in [1.29, 1.82) is 0 Å². The van der Waals surface area contributed by atoms with Crippen molar-refractivity contribution >= 4 is 22.7 Å². The molecule has 2 amide bonds. The van der Waals surface area contributed by atoms with E-state index in [4.69, 9.17) is 5.11 Å². The van der Waals surface area contributed by atoms with Crippen LogP contribution in [0.15, 0.2) is 48.5 Å². The molecule has 3 N–H and O–H groups in total. The summed E-state index contributed by atoms with van der Waals surface area (Å²) in [5, 5.41) is 18.8. The van der Waals surface area contributed by atoms with Gasteiger partial charge in [-0.3, -0.25) is 14.3 Å². The summed E-state index contributed by atoms with van der Waals surface area (Å²) >= 11 is 0. The first-order valence-electron chi connectivity index (χ1n) is 11.5. The Balaban J connectivity index is 0.000000574. The number of aliphatic hydroxyl groups excluding tert-OH is 1. The standard InChI is InChI=1S/C22H25FN4O2.C4H8O/c1-22(2,3)19(21(29)24-4)25-20(28)18-16-7-5-6-8-17(16)27(26-18)13-14-9-11-15(23)12-10-14;5-3-4-1-2-4/h5-12,19H,13H2,1-4H3,(H,24,29)(H,25,28);4-5H,1-3H2. The summed E-state index contributed by atoms with van der Waals surface area (Å²) in [7, 11) is 1.54. The first-order chi connectivity index (χ1) is 16.1. The summed E-state index contributed by atoms with van der Waals surface area (Å²) in [4.78, 5) is 25.3. The number of nitrogens with zero attached hydrogens (tertiary/aromatic N) is 2. The zero-order valence-corrected chi connectivity index (χ0v) is 20.1. The third kappa shape index (κ3) is 6.41. The zero-order chi connectivity index (χ0) is 24.9. The molecule has 182 valence electrons. The Morgan fingerprint density at radius 3 is 2.32 bits per heavy atom. The molecule has 1 unspecified atom stereocenters. The Morgan fingerprint density at radius 1 is 1.15 bits per heavy atom.